The third-order valence-electron chi connectivity index (χ3n) is 3.67. The Morgan fingerprint density at radius 1 is 1.10 bits per heavy atom. The molecule has 0 heterocycles. The maximum absolute atomic E-state index is 13.4. The van der Waals surface area contributed by atoms with E-state index in [9.17, 15) is 4.39 Å². The van der Waals surface area contributed by atoms with Gasteiger partial charge in [0, 0.05) is 3.57 Å². The maximum Gasteiger partial charge on any atom is 0.123 e. The first-order valence-corrected chi connectivity index (χ1v) is 8.37. The predicted octanol–water partition coefficient (Wildman–Crippen LogP) is 5.14. The number of halogens is 2. The summed E-state index contributed by atoms with van der Waals surface area (Å²) in [7, 11) is 0. The summed E-state index contributed by atoms with van der Waals surface area (Å²) >= 11 is 2.40. The van der Waals surface area contributed by atoms with Gasteiger partial charge in [0.15, 0.2) is 0 Å². The summed E-state index contributed by atoms with van der Waals surface area (Å²) < 4.78 is 14.7. The van der Waals surface area contributed by atoms with Crippen molar-refractivity contribution in [2.24, 2.45) is 0 Å². The Labute approximate surface area is 140 Å². The minimum Gasteiger partial charge on any atom is -0.306 e. The molecule has 0 aliphatic rings. The van der Waals surface area contributed by atoms with Gasteiger partial charge in [0.1, 0.15) is 5.82 Å². The Kier molecular flexibility index (Phi) is 5.76. The van der Waals surface area contributed by atoms with Gasteiger partial charge in [0.05, 0.1) is 6.04 Å². The van der Waals surface area contributed by atoms with Crippen molar-refractivity contribution >= 4 is 22.6 Å². The fourth-order valence-electron chi connectivity index (χ4n) is 2.53. The SMILES string of the molecule is CCCNC(c1ccc(F)cc1C)c1cccc(C)c1I. The number of rotatable bonds is 5. The van der Waals surface area contributed by atoms with Crippen molar-refractivity contribution in [3.8, 4) is 0 Å². The zero-order chi connectivity index (χ0) is 15.4. The quantitative estimate of drug-likeness (QED) is 0.690. The van der Waals surface area contributed by atoms with Gasteiger partial charge in [-0.3, -0.25) is 0 Å². The van der Waals surface area contributed by atoms with E-state index in [2.05, 4.69) is 60.0 Å². The molecule has 0 amide bonds. The van der Waals surface area contributed by atoms with Gasteiger partial charge in [-0.1, -0.05) is 31.2 Å². The van der Waals surface area contributed by atoms with Crippen LogP contribution in [-0.4, -0.2) is 6.54 Å². The van der Waals surface area contributed by atoms with Gasteiger partial charge < -0.3 is 5.32 Å². The van der Waals surface area contributed by atoms with Gasteiger partial charge in [0.25, 0.3) is 0 Å². The molecular formula is C18H21FIN. The van der Waals surface area contributed by atoms with E-state index in [1.54, 1.807) is 12.1 Å². The van der Waals surface area contributed by atoms with Crippen LogP contribution in [0.1, 0.15) is 41.6 Å². The molecule has 0 aromatic heterocycles. The van der Waals surface area contributed by atoms with Gasteiger partial charge >= 0.3 is 0 Å². The molecule has 0 saturated heterocycles. The van der Waals surface area contributed by atoms with Crippen LogP contribution in [0.25, 0.3) is 0 Å². The zero-order valence-electron chi connectivity index (χ0n) is 12.7. The molecule has 112 valence electrons. The Bertz CT molecular complexity index is 625. The monoisotopic (exact) mass is 397 g/mol. The van der Waals surface area contributed by atoms with Gasteiger partial charge in [-0.15, -0.1) is 0 Å². The Morgan fingerprint density at radius 3 is 2.52 bits per heavy atom. The van der Waals surface area contributed by atoms with Gasteiger partial charge in [-0.05, 0) is 83.8 Å². The van der Waals surface area contributed by atoms with Crippen LogP contribution in [0.5, 0.6) is 0 Å². The second-order valence-electron chi connectivity index (χ2n) is 5.37. The van der Waals surface area contributed by atoms with Crippen LogP contribution in [0.2, 0.25) is 0 Å². The molecule has 1 nitrogen and oxygen atoms in total. The van der Waals surface area contributed by atoms with Crippen LogP contribution in [0, 0.1) is 23.2 Å². The molecule has 1 unspecified atom stereocenters. The highest BCUT2D eigenvalue weighted by Gasteiger charge is 2.18. The summed E-state index contributed by atoms with van der Waals surface area (Å²) in [5, 5.41) is 3.60. The number of hydrogen-bond donors (Lipinski definition) is 1. The number of benzene rings is 2. The average molecular weight is 397 g/mol. The molecule has 0 aliphatic heterocycles. The van der Waals surface area contributed by atoms with E-state index in [-0.39, 0.29) is 11.9 Å². The van der Waals surface area contributed by atoms with E-state index in [1.807, 2.05) is 13.0 Å². The molecule has 1 N–H and O–H groups in total. The van der Waals surface area contributed by atoms with E-state index in [4.69, 9.17) is 0 Å². The van der Waals surface area contributed by atoms with Crippen LogP contribution in [0.15, 0.2) is 36.4 Å². The summed E-state index contributed by atoms with van der Waals surface area (Å²) in [6.07, 6.45) is 1.07. The van der Waals surface area contributed by atoms with Crippen molar-refractivity contribution in [2.75, 3.05) is 6.54 Å². The third kappa shape index (κ3) is 3.83. The third-order valence-corrected chi connectivity index (χ3v) is 5.15. The van der Waals surface area contributed by atoms with Crippen LogP contribution in [0.3, 0.4) is 0 Å². The molecule has 0 aliphatic carbocycles. The molecule has 21 heavy (non-hydrogen) atoms. The molecule has 1 atom stereocenters. The lowest BCUT2D eigenvalue weighted by atomic mass is 9.94. The van der Waals surface area contributed by atoms with Gasteiger partial charge in [-0.25, -0.2) is 4.39 Å². The van der Waals surface area contributed by atoms with E-state index in [0.29, 0.717) is 0 Å². The molecule has 0 fully saturated rings. The Balaban J connectivity index is 2.49. The summed E-state index contributed by atoms with van der Waals surface area (Å²) in [6, 6.07) is 11.5. The molecule has 2 rings (SSSR count). The minimum atomic E-state index is -0.176. The number of hydrogen-bond acceptors (Lipinski definition) is 1. The topological polar surface area (TPSA) is 12.0 Å². The molecule has 0 saturated carbocycles. The Morgan fingerprint density at radius 2 is 1.86 bits per heavy atom. The number of nitrogens with one attached hydrogen (secondary N) is 1. The summed E-state index contributed by atoms with van der Waals surface area (Å²) in [4.78, 5) is 0. The second kappa shape index (κ2) is 7.36. The fraction of sp³-hybridized carbons (Fsp3) is 0.333. The van der Waals surface area contributed by atoms with E-state index < -0.39 is 0 Å². The molecular weight excluding hydrogens is 376 g/mol. The molecule has 2 aromatic rings. The van der Waals surface area contributed by atoms with Crippen molar-refractivity contribution < 1.29 is 4.39 Å². The van der Waals surface area contributed by atoms with E-state index >= 15 is 0 Å². The highest BCUT2D eigenvalue weighted by molar-refractivity contribution is 14.1. The van der Waals surface area contributed by atoms with Gasteiger partial charge in [0.2, 0.25) is 0 Å². The van der Waals surface area contributed by atoms with Crippen LogP contribution < -0.4 is 5.32 Å². The van der Waals surface area contributed by atoms with Gasteiger partial charge in [-0.2, -0.15) is 0 Å². The summed E-state index contributed by atoms with van der Waals surface area (Å²) in [5.41, 5.74) is 4.67. The summed E-state index contributed by atoms with van der Waals surface area (Å²) in [5.74, 6) is -0.176. The lowest BCUT2D eigenvalue weighted by Crippen LogP contribution is -2.25. The standard InChI is InChI=1S/C18H21FIN/c1-4-10-21-18(15-9-8-14(19)11-13(15)3)16-7-5-6-12(2)17(16)20/h5-9,11,18,21H,4,10H2,1-3H3. The normalized spacial score (nSPS) is 12.4. The van der Waals surface area contributed by atoms with Crippen LogP contribution >= 0.6 is 22.6 Å². The highest BCUT2D eigenvalue weighted by atomic mass is 127. The first-order chi connectivity index (χ1) is 10.0. The average Bonchev–Trinajstić information content (AvgIpc) is 2.45. The smallest absolute Gasteiger partial charge is 0.123 e. The second-order valence-corrected chi connectivity index (χ2v) is 6.44. The summed E-state index contributed by atoms with van der Waals surface area (Å²) in [6.45, 7) is 7.19. The predicted molar refractivity (Wildman–Crippen MR) is 95.2 cm³/mol. The van der Waals surface area contributed by atoms with Crippen LogP contribution in [-0.2, 0) is 0 Å². The van der Waals surface area contributed by atoms with Crippen molar-refractivity contribution in [2.45, 2.75) is 33.2 Å². The lowest BCUT2D eigenvalue weighted by molar-refractivity contribution is 0.588. The van der Waals surface area contributed by atoms with Crippen molar-refractivity contribution in [1.29, 1.82) is 0 Å². The minimum absolute atomic E-state index is 0.109. The lowest BCUT2D eigenvalue weighted by Gasteiger charge is -2.23. The van der Waals surface area contributed by atoms with Crippen molar-refractivity contribution in [1.82, 2.24) is 5.32 Å². The Hall–Kier alpha value is -0.940. The number of aryl methyl sites for hydroxylation is 2. The molecule has 0 spiro atoms. The maximum atomic E-state index is 13.4. The molecule has 2 aromatic carbocycles. The van der Waals surface area contributed by atoms with Crippen molar-refractivity contribution in [3.63, 3.8) is 0 Å². The molecule has 0 bridgehead atoms. The molecule has 0 radical (unpaired) electrons. The largest absolute Gasteiger partial charge is 0.306 e. The highest BCUT2D eigenvalue weighted by Crippen LogP contribution is 2.30. The van der Waals surface area contributed by atoms with Crippen molar-refractivity contribution in [3.05, 3.63) is 68.0 Å². The van der Waals surface area contributed by atoms with E-state index in [1.165, 1.54) is 14.7 Å². The molecule has 3 heteroatoms. The first-order valence-electron chi connectivity index (χ1n) is 7.29. The van der Waals surface area contributed by atoms with Crippen LogP contribution in [0.4, 0.5) is 4.39 Å². The fourth-order valence-corrected chi connectivity index (χ4v) is 3.20. The van der Waals surface area contributed by atoms with E-state index in [0.717, 1.165) is 24.1 Å². The zero-order valence-corrected chi connectivity index (χ0v) is 14.9. The first kappa shape index (κ1) is 16.4.